The van der Waals surface area contributed by atoms with Gasteiger partial charge < -0.3 is 9.84 Å². The monoisotopic (exact) mass is 312 g/mol. The van der Waals surface area contributed by atoms with Crippen molar-refractivity contribution in [3.63, 3.8) is 0 Å². The van der Waals surface area contributed by atoms with E-state index < -0.39 is 12.0 Å². The molecule has 0 spiro atoms. The highest BCUT2D eigenvalue weighted by atomic mass is 16.5. The van der Waals surface area contributed by atoms with Crippen LogP contribution in [-0.2, 0) is 4.79 Å². The van der Waals surface area contributed by atoms with Crippen LogP contribution in [0.4, 0.5) is 0 Å². The van der Waals surface area contributed by atoms with Crippen molar-refractivity contribution in [2.75, 3.05) is 13.7 Å². The zero-order chi connectivity index (χ0) is 16.2. The first-order valence-electron chi connectivity index (χ1n) is 7.73. The Bertz CT molecular complexity index is 675. The molecule has 2 unspecified atom stereocenters. The van der Waals surface area contributed by atoms with Crippen LogP contribution < -0.4 is 4.74 Å². The zero-order valence-corrected chi connectivity index (χ0v) is 13.1. The van der Waals surface area contributed by atoms with Gasteiger partial charge in [0, 0.05) is 18.9 Å². The van der Waals surface area contributed by atoms with E-state index in [1.54, 1.807) is 19.5 Å². The van der Waals surface area contributed by atoms with E-state index in [2.05, 4.69) is 9.88 Å². The Balaban J connectivity index is 2.05. The Morgan fingerprint density at radius 1 is 1.30 bits per heavy atom. The van der Waals surface area contributed by atoms with E-state index in [0.29, 0.717) is 6.42 Å². The number of carboxylic acids is 1. The third-order valence-electron chi connectivity index (χ3n) is 4.34. The quantitative estimate of drug-likeness (QED) is 0.920. The maximum absolute atomic E-state index is 11.6. The predicted octanol–water partition coefficient (Wildman–Crippen LogP) is 2.73. The van der Waals surface area contributed by atoms with Crippen molar-refractivity contribution in [2.24, 2.45) is 0 Å². The van der Waals surface area contributed by atoms with Gasteiger partial charge in [0.15, 0.2) is 0 Å². The summed E-state index contributed by atoms with van der Waals surface area (Å²) in [6.45, 7) is 0.765. The molecule has 2 atom stereocenters. The number of aliphatic carboxylic acids is 1. The number of aromatic nitrogens is 1. The minimum Gasteiger partial charge on any atom is -0.497 e. The molecule has 1 aliphatic heterocycles. The number of pyridine rings is 1. The van der Waals surface area contributed by atoms with Crippen molar-refractivity contribution in [1.29, 1.82) is 0 Å². The normalized spacial score (nSPS) is 19.4. The fourth-order valence-corrected chi connectivity index (χ4v) is 3.30. The van der Waals surface area contributed by atoms with Crippen molar-refractivity contribution in [3.8, 4) is 5.75 Å². The van der Waals surface area contributed by atoms with E-state index in [1.165, 1.54) is 0 Å². The molecule has 0 aliphatic carbocycles. The van der Waals surface area contributed by atoms with Crippen molar-refractivity contribution in [2.45, 2.75) is 24.9 Å². The van der Waals surface area contributed by atoms with E-state index in [0.717, 1.165) is 29.8 Å². The maximum Gasteiger partial charge on any atom is 0.320 e. The molecule has 2 heterocycles. The van der Waals surface area contributed by atoms with Gasteiger partial charge in [-0.25, -0.2) is 0 Å². The molecule has 120 valence electrons. The molecule has 23 heavy (non-hydrogen) atoms. The lowest BCUT2D eigenvalue weighted by Gasteiger charge is -2.32. The second-order valence-electron chi connectivity index (χ2n) is 5.69. The molecule has 1 aromatic heterocycles. The fourth-order valence-electron chi connectivity index (χ4n) is 3.30. The molecular weight excluding hydrogens is 292 g/mol. The molecule has 1 fully saturated rings. The van der Waals surface area contributed by atoms with E-state index in [9.17, 15) is 9.90 Å². The standard InChI is InChI=1S/C18H20N2O3/c1-23-15-5-2-4-14(12-15)17(13-7-9-19-10-8-13)20-11-3-6-16(20)18(21)22/h2,4-5,7-10,12,16-17H,3,6,11H2,1H3,(H,21,22). The molecule has 1 aliphatic rings. The van der Waals surface area contributed by atoms with Crippen LogP contribution in [0, 0.1) is 0 Å². The highest BCUT2D eigenvalue weighted by Crippen LogP contribution is 2.35. The van der Waals surface area contributed by atoms with Crippen molar-refractivity contribution < 1.29 is 14.6 Å². The van der Waals surface area contributed by atoms with Gasteiger partial charge in [-0.15, -0.1) is 0 Å². The van der Waals surface area contributed by atoms with Crippen LogP contribution in [0.3, 0.4) is 0 Å². The lowest BCUT2D eigenvalue weighted by Crippen LogP contribution is -2.39. The number of hydrogen-bond acceptors (Lipinski definition) is 4. The van der Waals surface area contributed by atoms with Crippen LogP contribution >= 0.6 is 0 Å². The average molecular weight is 312 g/mol. The Labute approximate surface area is 135 Å². The third-order valence-corrected chi connectivity index (χ3v) is 4.34. The summed E-state index contributed by atoms with van der Waals surface area (Å²) in [7, 11) is 1.64. The lowest BCUT2D eigenvalue weighted by atomic mass is 9.97. The second-order valence-corrected chi connectivity index (χ2v) is 5.69. The first-order valence-corrected chi connectivity index (χ1v) is 7.73. The second kappa shape index (κ2) is 6.79. The summed E-state index contributed by atoms with van der Waals surface area (Å²) in [5.74, 6) is 0.0112. The van der Waals surface area contributed by atoms with E-state index in [4.69, 9.17) is 4.74 Å². The smallest absolute Gasteiger partial charge is 0.320 e. The molecule has 1 aromatic carbocycles. The molecule has 1 saturated heterocycles. The lowest BCUT2D eigenvalue weighted by molar-refractivity contribution is -0.142. The Morgan fingerprint density at radius 3 is 2.78 bits per heavy atom. The highest BCUT2D eigenvalue weighted by molar-refractivity contribution is 5.74. The third kappa shape index (κ3) is 3.19. The molecule has 3 rings (SSSR count). The summed E-state index contributed by atoms with van der Waals surface area (Å²) in [5.41, 5.74) is 2.07. The maximum atomic E-state index is 11.6. The molecule has 0 bridgehead atoms. The SMILES string of the molecule is COc1cccc(C(c2ccncc2)N2CCCC2C(=O)O)c1. The van der Waals surface area contributed by atoms with Crippen LogP contribution in [0.5, 0.6) is 5.75 Å². The highest BCUT2D eigenvalue weighted by Gasteiger charge is 2.36. The van der Waals surface area contributed by atoms with Gasteiger partial charge >= 0.3 is 5.97 Å². The molecule has 5 nitrogen and oxygen atoms in total. The zero-order valence-electron chi connectivity index (χ0n) is 13.1. The van der Waals surface area contributed by atoms with E-state index in [-0.39, 0.29) is 6.04 Å². The van der Waals surface area contributed by atoms with Gasteiger partial charge in [-0.05, 0) is 48.2 Å². The molecule has 1 N–H and O–H groups in total. The number of nitrogens with zero attached hydrogens (tertiary/aromatic N) is 2. The van der Waals surface area contributed by atoms with Gasteiger partial charge in [0.05, 0.1) is 13.2 Å². The summed E-state index contributed by atoms with van der Waals surface area (Å²) in [6, 6.07) is 11.1. The number of rotatable bonds is 5. The van der Waals surface area contributed by atoms with E-state index in [1.807, 2.05) is 36.4 Å². The number of methoxy groups -OCH3 is 1. The average Bonchev–Trinajstić information content (AvgIpc) is 3.06. The van der Waals surface area contributed by atoms with Crippen molar-refractivity contribution in [3.05, 3.63) is 59.9 Å². The molecule has 0 saturated carbocycles. The fraction of sp³-hybridized carbons (Fsp3) is 0.333. The molecule has 5 heteroatoms. The topological polar surface area (TPSA) is 62.7 Å². The Morgan fingerprint density at radius 2 is 2.09 bits per heavy atom. The van der Waals surface area contributed by atoms with Gasteiger partial charge in [-0.2, -0.15) is 0 Å². The number of ether oxygens (including phenoxy) is 1. The first kappa shape index (κ1) is 15.5. The molecular formula is C18H20N2O3. The van der Waals surface area contributed by atoms with Crippen LogP contribution in [0.1, 0.15) is 30.0 Å². The number of likely N-dealkylation sites (tertiary alicyclic amines) is 1. The van der Waals surface area contributed by atoms with Gasteiger partial charge in [0.1, 0.15) is 11.8 Å². The van der Waals surface area contributed by atoms with Crippen LogP contribution in [0.2, 0.25) is 0 Å². The number of carboxylic acid groups (broad SMARTS) is 1. The molecule has 0 amide bonds. The first-order chi connectivity index (χ1) is 11.2. The molecule has 0 radical (unpaired) electrons. The van der Waals surface area contributed by atoms with Gasteiger partial charge in [0.25, 0.3) is 0 Å². The van der Waals surface area contributed by atoms with E-state index >= 15 is 0 Å². The van der Waals surface area contributed by atoms with Crippen LogP contribution in [-0.4, -0.2) is 40.7 Å². The summed E-state index contributed by atoms with van der Waals surface area (Å²) >= 11 is 0. The van der Waals surface area contributed by atoms with Gasteiger partial charge in [0.2, 0.25) is 0 Å². The minimum atomic E-state index is -0.760. The summed E-state index contributed by atoms with van der Waals surface area (Å²) in [5, 5.41) is 9.55. The van der Waals surface area contributed by atoms with Crippen LogP contribution in [0.15, 0.2) is 48.8 Å². The Kier molecular flexibility index (Phi) is 4.57. The summed E-state index contributed by atoms with van der Waals surface area (Å²) in [6.07, 6.45) is 5.06. The summed E-state index contributed by atoms with van der Waals surface area (Å²) in [4.78, 5) is 17.8. The number of benzene rings is 1. The number of hydrogen-bond donors (Lipinski definition) is 1. The van der Waals surface area contributed by atoms with Crippen molar-refractivity contribution >= 4 is 5.97 Å². The Hall–Kier alpha value is -2.40. The number of carbonyl (C=O) groups is 1. The van der Waals surface area contributed by atoms with Crippen molar-refractivity contribution in [1.82, 2.24) is 9.88 Å². The predicted molar refractivity (Wildman–Crippen MR) is 86.4 cm³/mol. The minimum absolute atomic E-state index is 0.114. The molecule has 2 aromatic rings. The van der Waals surface area contributed by atoms with Gasteiger partial charge in [-0.3, -0.25) is 14.7 Å². The summed E-state index contributed by atoms with van der Waals surface area (Å²) < 4.78 is 5.33. The van der Waals surface area contributed by atoms with Gasteiger partial charge in [-0.1, -0.05) is 12.1 Å². The largest absolute Gasteiger partial charge is 0.497 e. The van der Waals surface area contributed by atoms with Crippen LogP contribution in [0.25, 0.3) is 0 Å².